The summed E-state index contributed by atoms with van der Waals surface area (Å²) in [7, 11) is -6.10. The molecule has 1 heterocycles. The van der Waals surface area contributed by atoms with Crippen LogP contribution >= 0.6 is 0 Å². The maximum Gasteiger partial charge on any atom is 0.525 e. The van der Waals surface area contributed by atoms with Crippen molar-refractivity contribution in [3.8, 4) is 0 Å². The van der Waals surface area contributed by atoms with Crippen LogP contribution in [-0.2, 0) is 24.0 Å². The van der Waals surface area contributed by atoms with Gasteiger partial charge in [0.05, 0.1) is 5.92 Å². The van der Waals surface area contributed by atoms with E-state index in [4.69, 9.17) is 0 Å². The lowest BCUT2D eigenvalue weighted by Gasteiger charge is -2.25. The molecule has 0 bridgehead atoms. The smallest absolute Gasteiger partial charge is 0.271 e. The normalized spacial score (nSPS) is 20.8. The molecule has 1 atom stereocenters. The molecule has 1 rings (SSSR count). The van der Waals surface area contributed by atoms with Crippen molar-refractivity contribution in [3.63, 3.8) is 0 Å². The van der Waals surface area contributed by atoms with Crippen LogP contribution < -0.4 is 0 Å². The van der Waals surface area contributed by atoms with E-state index in [1.54, 1.807) is 20.8 Å². The lowest BCUT2D eigenvalue weighted by Crippen LogP contribution is -2.39. The Morgan fingerprint density at radius 1 is 1.14 bits per heavy atom. The largest absolute Gasteiger partial charge is 0.525 e. The molecule has 0 unspecified atom stereocenters. The summed E-state index contributed by atoms with van der Waals surface area (Å²) in [5.41, 5.74) is -6.21. The van der Waals surface area contributed by atoms with Crippen molar-refractivity contribution in [2.24, 2.45) is 11.3 Å². The zero-order valence-electron chi connectivity index (χ0n) is 12.6. The molecule has 1 aliphatic heterocycles. The molecule has 2 amide bonds. The Bertz CT molecular complexity index is 639. The molecule has 1 fully saturated rings. The van der Waals surface area contributed by atoms with Crippen molar-refractivity contribution in [1.29, 1.82) is 0 Å². The van der Waals surface area contributed by atoms with Crippen LogP contribution in [0.1, 0.15) is 34.6 Å². The number of hydrogen-bond acceptors (Lipinski definition) is 5. The summed E-state index contributed by atoms with van der Waals surface area (Å²) < 4.78 is 62.8. The Labute approximate surface area is 126 Å². The highest BCUT2D eigenvalue weighted by atomic mass is 32.2. The Kier molecular flexibility index (Phi) is 4.52. The van der Waals surface area contributed by atoms with Gasteiger partial charge in [0.25, 0.3) is 11.8 Å². The number of amides is 2. The molecule has 1 aliphatic rings. The molecule has 22 heavy (non-hydrogen) atoms. The van der Waals surface area contributed by atoms with Gasteiger partial charge in [-0.15, -0.1) is 9.35 Å². The maximum absolute atomic E-state index is 12.4. The SMILES string of the molecule is CC(C)=C1C(=O)N(OS(=O)(=O)C(F)(F)F)C(=O)[C@@H]1C(C)(C)C. The van der Waals surface area contributed by atoms with Crippen LogP contribution in [0.15, 0.2) is 11.1 Å². The second kappa shape index (κ2) is 5.34. The van der Waals surface area contributed by atoms with Gasteiger partial charge in [-0.2, -0.15) is 21.6 Å². The predicted molar refractivity (Wildman–Crippen MR) is 69.2 cm³/mol. The van der Waals surface area contributed by atoms with Crippen LogP contribution in [0.3, 0.4) is 0 Å². The Hall–Kier alpha value is -1.42. The van der Waals surface area contributed by atoms with E-state index in [2.05, 4.69) is 4.28 Å². The molecule has 0 saturated carbocycles. The molecule has 10 heteroatoms. The minimum absolute atomic E-state index is 0.0603. The molecule has 6 nitrogen and oxygen atoms in total. The number of hydroxylamine groups is 2. The molecule has 0 aromatic rings. The molecule has 0 radical (unpaired) electrons. The van der Waals surface area contributed by atoms with Gasteiger partial charge in [0.1, 0.15) is 0 Å². The van der Waals surface area contributed by atoms with E-state index < -0.39 is 38.8 Å². The predicted octanol–water partition coefficient (Wildman–Crippen LogP) is 2.14. The minimum Gasteiger partial charge on any atom is -0.271 e. The van der Waals surface area contributed by atoms with E-state index in [-0.39, 0.29) is 10.6 Å². The summed E-state index contributed by atoms with van der Waals surface area (Å²) in [5.74, 6) is -3.42. The Morgan fingerprint density at radius 2 is 1.59 bits per heavy atom. The molecule has 0 spiro atoms. The molecular weight excluding hydrogens is 327 g/mol. The van der Waals surface area contributed by atoms with Crippen LogP contribution in [0.4, 0.5) is 13.2 Å². The number of carbonyl (C=O) groups is 2. The van der Waals surface area contributed by atoms with Crippen molar-refractivity contribution in [3.05, 3.63) is 11.1 Å². The Balaban J connectivity index is 3.35. The lowest BCUT2D eigenvalue weighted by atomic mass is 9.76. The number of hydrogen-bond donors (Lipinski definition) is 0. The summed E-state index contributed by atoms with van der Waals surface area (Å²) in [5, 5.41) is -0.318. The van der Waals surface area contributed by atoms with E-state index in [1.807, 2.05) is 0 Å². The van der Waals surface area contributed by atoms with Gasteiger partial charge >= 0.3 is 15.6 Å². The number of halogens is 3. The van der Waals surface area contributed by atoms with Crippen molar-refractivity contribution < 1.29 is 35.5 Å². The fourth-order valence-corrected chi connectivity index (χ4v) is 2.51. The van der Waals surface area contributed by atoms with Gasteiger partial charge in [-0.05, 0) is 19.3 Å². The zero-order valence-corrected chi connectivity index (χ0v) is 13.4. The molecule has 0 N–H and O–H groups in total. The second-order valence-electron chi connectivity index (χ2n) is 6.12. The summed E-state index contributed by atoms with van der Waals surface area (Å²) in [6.07, 6.45) is 0. The van der Waals surface area contributed by atoms with E-state index in [0.29, 0.717) is 5.57 Å². The first-order chi connectivity index (χ1) is 9.61. The highest BCUT2D eigenvalue weighted by molar-refractivity contribution is 7.87. The lowest BCUT2D eigenvalue weighted by molar-refractivity contribution is -0.168. The topological polar surface area (TPSA) is 80.8 Å². The van der Waals surface area contributed by atoms with Gasteiger partial charge < -0.3 is 0 Å². The van der Waals surface area contributed by atoms with Crippen molar-refractivity contribution in [2.45, 2.75) is 40.1 Å². The zero-order chi connectivity index (χ0) is 17.7. The second-order valence-corrected chi connectivity index (χ2v) is 7.65. The number of alkyl halides is 3. The maximum atomic E-state index is 12.4. The van der Waals surface area contributed by atoms with Crippen LogP contribution in [0.25, 0.3) is 0 Å². The van der Waals surface area contributed by atoms with Crippen LogP contribution in [0.2, 0.25) is 0 Å². The van der Waals surface area contributed by atoms with Gasteiger partial charge in [-0.25, -0.2) is 0 Å². The minimum atomic E-state index is -6.10. The monoisotopic (exact) mass is 343 g/mol. The third-order valence-electron chi connectivity index (χ3n) is 3.01. The van der Waals surface area contributed by atoms with Gasteiger partial charge in [-0.3, -0.25) is 9.59 Å². The van der Waals surface area contributed by atoms with E-state index in [0.717, 1.165) is 0 Å². The third kappa shape index (κ3) is 3.17. The summed E-state index contributed by atoms with van der Waals surface area (Å²) in [6.45, 7) is 7.82. The fourth-order valence-electron chi connectivity index (χ4n) is 2.09. The van der Waals surface area contributed by atoms with Crippen LogP contribution in [0, 0.1) is 11.3 Å². The van der Waals surface area contributed by atoms with E-state index in [9.17, 15) is 31.2 Å². The van der Waals surface area contributed by atoms with Crippen molar-refractivity contribution in [2.75, 3.05) is 0 Å². The van der Waals surface area contributed by atoms with Gasteiger partial charge in [0.15, 0.2) is 0 Å². The third-order valence-corrected chi connectivity index (χ3v) is 3.92. The summed E-state index contributed by atoms with van der Waals surface area (Å²) in [4.78, 5) is 24.3. The standard InChI is InChI=1S/C12H16F3NO5S/c1-6(2)7-8(11(3,4)5)10(18)16(9(7)17)21-22(19,20)12(13,14)15/h8H,1-5H3/t8-/m1/s1. The van der Waals surface area contributed by atoms with Gasteiger partial charge in [-0.1, -0.05) is 26.3 Å². The average molecular weight is 343 g/mol. The highest BCUT2D eigenvalue weighted by Gasteiger charge is 2.56. The fraction of sp³-hybridized carbons (Fsp3) is 0.667. The molecule has 0 aromatic heterocycles. The van der Waals surface area contributed by atoms with Crippen LogP contribution in [-0.4, -0.2) is 30.8 Å². The number of carbonyl (C=O) groups excluding carboxylic acids is 2. The van der Waals surface area contributed by atoms with Gasteiger partial charge in [0.2, 0.25) is 0 Å². The first kappa shape index (κ1) is 18.6. The van der Waals surface area contributed by atoms with Crippen LogP contribution in [0.5, 0.6) is 0 Å². The summed E-state index contributed by atoms with van der Waals surface area (Å²) in [6, 6.07) is 0. The highest BCUT2D eigenvalue weighted by Crippen LogP contribution is 2.41. The van der Waals surface area contributed by atoms with E-state index >= 15 is 0 Å². The number of nitrogens with zero attached hydrogens (tertiary/aromatic N) is 1. The summed E-state index contributed by atoms with van der Waals surface area (Å²) >= 11 is 0. The molecule has 1 saturated heterocycles. The van der Waals surface area contributed by atoms with Crippen molar-refractivity contribution in [1.82, 2.24) is 5.06 Å². The molecular formula is C12H16F3NO5S. The quantitative estimate of drug-likeness (QED) is 0.436. The Morgan fingerprint density at radius 3 is 1.86 bits per heavy atom. The number of imide groups is 1. The first-order valence-corrected chi connectivity index (χ1v) is 7.58. The number of allylic oxidation sites excluding steroid dienone is 1. The van der Waals surface area contributed by atoms with Crippen molar-refractivity contribution >= 4 is 21.9 Å². The molecule has 0 aromatic carbocycles. The average Bonchev–Trinajstić information content (AvgIpc) is 2.50. The molecule has 126 valence electrons. The first-order valence-electron chi connectivity index (χ1n) is 6.18. The number of rotatable bonds is 2. The van der Waals surface area contributed by atoms with E-state index in [1.165, 1.54) is 13.8 Å². The van der Waals surface area contributed by atoms with Gasteiger partial charge in [0, 0.05) is 5.57 Å². The molecule has 0 aliphatic carbocycles.